The molecule has 1 aromatic rings. The Labute approximate surface area is 134 Å². The number of hydrogen-bond acceptors (Lipinski definition) is 3. The van der Waals surface area contributed by atoms with E-state index >= 15 is 0 Å². The van der Waals surface area contributed by atoms with Crippen LogP contribution in [0.1, 0.15) is 19.3 Å². The number of hydrogen-bond donors (Lipinski definition) is 3. The number of benzene rings is 1. The van der Waals surface area contributed by atoms with Crippen LogP contribution in [0.4, 0.5) is 5.69 Å². The molecule has 0 radical (unpaired) electrons. The van der Waals surface area contributed by atoms with E-state index in [1.165, 1.54) is 0 Å². The first-order chi connectivity index (χ1) is 10.0. The lowest BCUT2D eigenvalue weighted by molar-refractivity contribution is -0.117. The normalized spacial score (nSPS) is 11.5. The van der Waals surface area contributed by atoms with E-state index < -0.39 is 0 Å². The lowest BCUT2D eigenvalue weighted by Crippen LogP contribution is -2.19. The van der Waals surface area contributed by atoms with E-state index in [-0.39, 0.29) is 5.91 Å². The zero-order valence-electron chi connectivity index (χ0n) is 12.0. The molecular weight excluding hydrogens is 311 g/mol. The molecule has 7 heteroatoms. The van der Waals surface area contributed by atoms with Gasteiger partial charge in [0.25, 0.3) is 0 Å². The van der Waals surface area contributed by atoms with Gasteiger partial charge in [0.2, 0.25) is 5.91 Å². The van der Waals surface area contributed by atoms with Gasteiger partial charge in [-0.3, -0.25) is 4.79 Å². The third kappa shape index (κ3) is 7.32. The first-order valence-electron chi connectivity index (χ1n) is 6.72. The molecular formula is C14H20Cl2N4O. The molecule has 0 fully saturated rings. The van der Waals surface area contributed by atoms with Gasteiger partial charge in [0.15, 0.2) is 0 Å². The Morgan fingerprint density at radius 1 is 1.24 bits per heavy atom. The Kier molecular flexibility index (Phi) is 8.12. The molecule has 0 spiro atoms. The summed E-state index contributed by atoms with van der Waals surface area (Å²) in [5, 5.41) is 7.12. The number of nitrogens with zero attached hydrogens (tertiary/aromatic N) is 1. The highest BCUT2D eigenvalue weighted by Crippen LogP contribution is 2.24. The minimum atomic E-state index is -0.183. The average Bonchev–Trinajstić information content (AvgIpc) is 2.43. The molecule has 0 aliphatic heterocycles. The van der Waals surface area contributed by atoms with Crippen molar-refractivity contribution in [3.8, 4) is 0 Å². The van der Waals surface area contributed by atoms with Gasteiger partial charge in [0, 0.05) is 25.1 Å². The van der Waals surface area contributed by atoms with Gasteiger partial charge in [-0.1, -0.05) is 23.2 Å². The number of nitrogens with one attached hydrogen (secondary N) is 2. The van der Waals surface area contributed by atoms with E-state index in [9.17, 15) is 4.79 Å². The average molecular weight is 331 g/mol. The highest BCUT2D eigenvalue weighted by atomic mass is 35.5. The van der Waals surface area contributed by atoms with Crippen LogP contribution in [-0.2, 0) is 4.79 Å². The van der Waals surface area contributed by atoms with Crippen LogP contribution in [0.5, 0.6) is 0 Å². The van der Waals surface area contributed by atoms with E-state index in [4.69, 9.17) is 28.9 Å². The van der Waals surface area contributed by atoms with Crippen molar-refractivity contribution in [2.75, 3.05) is 25.5 Å². The standard InChI is InChI=1S/C14H20Cl2N4O/c1-18-7-2-3-14(21)20-13(17)6-8-19-10-4-5-11(15)12(16)9-10/h4-5,9,18-19H,2-3,6-8H2,1H3,(H2,17,20,21). The Bertz CT molecular complexity index is 506. The summed E-state index contributed by atoms with van der Waals surface area (Å²) in [6.07, 6.45) is 1.65. The molecule has 4 N–H and O–H groups in total. The van der Waals surface area contributed by atoms with Gasteiger partial charge in [-0.05, 0) is 38.2 Å². The van der Waals surface area contributed by atoms with Crippen molar-refractivity contribution in [3.05, 3.63) is 28.2 Å². The Morgan fingerprint density at radius 2 is 2.00 bits per heavy atom. The minimum Gasteiger partial charge on any atom is -0.387 e. The quantitative estimate of drug-likeness (QED) is 0.389. The summed E-state index contributed by atoms with van der Waals surface area (Å²) in [6, 6.07) is 5.28. The number of carbonyl (C=O) groups excluding carboxylic acids is 1. The number of nitrogens with two attached hydrogens (primary N) is 1. The van der Waals surface area contributed by atoms with Gasteiger partial charge < -0.3 is 16.4 Å². The van der Waals surface area contributed by atoms with Gasteiger partial charge >= 0.3 is 0 Å². The second-order valence-electron chi connectivity index (χ2n) is 4.51. The number of amides is 1. The van der Waals surface area contributed by atoms with Crippen LogP contribution in [0, 0.1) is 0 Å². The SMILES string of the molecule is CNCCCC(=O)N=C(N)CCNc1ccc(Cl)c(Cl)c1. The highest BCUT2D eigenvalue weighted by molar-refractivity contribution is 6.42. The fraction of sp³-hybridized carbons (Fsp3) is 0.429. The second kappa shape index (κ2) is 9.60. The zero-order valence-corrected chi connectivity index (χ0v) is 13.5. The summed E-state index contributed by atoms with van der Waals surface area (Å²) in [5.74, 6) is 0.148. The third-order valence-corrected chi connectivity index (χ3v) is 3.45. The van der Waals surface area contributed by atoms with Gasteiger partial charge in [0.05, 0.1) is 10.0 Å². The van der Waals surface area contributed by atoms with Gasteiger partial charge in [0.1, 0.15) is 5.84 Å². The molecule has 0 atom stereocenters. The number of amidine groups is 1. The number of rotatable bonds is 8. The smallest absolute Gasteiger partial charge is 0.247 e. The second-order valence-corrected chi connectivity index (χ2v) is 5.32. The fourth-order valence-electron chi connectivity index (χ4n) is 1.63. The fourth-order valence-corrected chi connectivity index (χ4v) is 1.93. The van der Waals surface area contributed by atoms with E-state index in [0.29, 0.717) is 35.3 Å². The monoisotopic (exact) mass is 330 g/mol. The predicted octanol–water partition coefficient (Wildman–Crippen LogP) is 2.68. The van der Waals surface area contributed by atoms with Crippen molar-refractivity contribution in [2.24, 2.45) is 10.7 Å². The largest absolute Gasteiger partial charge is 0.387 e. The van der Waals surface area contributed by atoms with Gasteiger partial charge in [-0.2, -0.15) is 0 Å². The Hall–Kier alpha value is -1.30. The molecule has 0 unspecified atom stereocenters. The van der Waals surface area contributed by atoms with Crippen molar-refractivity contribution >= 4 is 40.6 Å². The molecule has 1 rings (SSSR count). The minimum absolute atomic E-state index is 0.183. The zero-order chi connectivity index (χ0) is 15.7. The maximum absolute atomic E-state index is 11.5. The number of aliphatic imine (C=N–C) groups is 1. The lowest BCUT2D eigenvalue weighted by atomic mass is 10.3. The third-order valence-electron chi connectivity index (χ3n) is 2.72. The molecule has 0 aliphatic carbocycles. The molecule has 0 aromatic heterocycles. The molecule has 1 amide bonds. The van der Waals surface area contributed by atoms with Crippen LogP contribution in [0.2, 0.25) is 10.0 Å². The summed E-state index contributed by atoms with van der Waals surface area (Å²) in [4.78, 5) is 15.3. The maximum Gasteiger partial charge on any atom is 0.247 e. The first kappa shape index (κ1) is 17.8. The van der Waals surface area contributed by atoms with Crippen molar-refractivity contribution in [1.29, 1.82) is 0 Å². The molecule has 0 aliphatic rings. The lowest BCUT2D eigenvalue weighted by Gasteiger charge is -2.07. The molecule has 0 heterocycles. The van der Waals surface area contributed by atoms with Crippen LogP contribution in [-0.4, -0.2) is 31.9 Å². The van der Waals surface area contributed by atoms with E-state index in [2.05, 4.69) is 15.6 Å². The summed E-state index contributed by atoms with van der Waals surface area (Å²) >= 11 is 11.7. The maximum atomic E-state index is 11.5. The van der Waals surface area contributed by atoms with Gasteiger partial charge in [-0.25, -0.2) is 4.99 Å². The molecule has 5 nitrogen and oxygen atoms in total. The molecule has 116 valence electrons. The summed E-state index contributed by atoms with van der Waals surface area (Å²) in [7, 11) is 1.84. The van der Waals surface area contributed by atoms with E-state index in [1.807, 2.05) is 13.1 Å². The van der Waals surface area contributed by atoms with Crippen molar-refractivity contribution in [2.45, 2.75) is 19.3 Å². The summed E-state index contributed by atoms with van der Waals surface area (Å²) in [6.45, 7) is 1.36. The van der Waals surface area contributed by atoms with Crippen LogP contribution < -0.4 is 16.4 Å². The number of anilines is 1. The molecule has 0 saturated heterocycles. The van der Waals surface area contributed by atoms with Crippen molar-refractivity contribution in [3.63, 3.8) is 0 Å². The first-order valence-corrected chi connectivity index (χ1v) is 7.48. The molecule has 1 aromatic carbocycles. The van der Waals surface area contributed by atoms with Gasteiger partial charge in [-0.15, -0.1) is 0 Å². The van der Waals surface area contributed by atoms with E-state index in [0.717, 1.165) is 18.7 Å². The summed E-state index contributed by atoms with van der Waals surface area (Å²) in [5.41, 5.74) is 6.57. The van der Waals surface area contributed by atoms with Crippen LogP contribution in [0.3, 0.4) is 0 Å². The molecule has 0 saturated carbocycles. The number of carbonyl (C=O) groups is 1. The summed E-state index contributed by atoms with van der Waals surface area (Å²) < 4.78 is 0. The van der Waals surface area contributed by atoms with Crippen molar-refractivity contribution < 1.29 is 4.79 Å². The van der Waals surface area contributed by atoms with Crippen LogP contribution in [0.25, 0.3) is 0 Å². The molecule has 0 bridgehead atoms. The van der Waals surface area contributed by atoms with Crippen LogP contribution in [0.15, 0.2) is 23.2 Å². The van der Waals surface area contributed by atoms with Crippen LogP contribution >= 0.6 is 23.2 Å². The Balaban J connectivity index is 2.33. The van der Waals surface area contributed by atoms with E-state index in [1.54, 1.807) is 12.1 Å². The topological polar surface area (TPSA) is 79.5 Å². The highest BCUT2D eigenvalue weighted by Gasteiger charge is 2.02. The molecule has 21 heavy (non-hydrogen) atoms. The predicted molar refractivity (Wildman–Crippen MR) is 89.4 cm³/mol. The van der Waals surface area contributed by atoms with Crippen molar-refractivity contribution in [1.82, 2.24) is 5.32 Å². The Morgan fingerprint density at radius 3 is 2.67 bits per heavy atom. The number of halogens is 2.